The van der Waals surface area contributed by atoms with Crippen molar-refractivity contribution in [2.24, 2.45) is 0 Å². The van der Waals surface area contributed by atoms with E-state index in [2.05, 4.69) is 26.5 Å². The minimum Gasteiger partial charge on any atom is -0.366 e. The topological polar surface area (TPSA) is 79.4 Å². The fourth-order valence-corrected chi connectivity index (χ4v) is 2.61. The lowest BCUT2D eigenvalue weighted by Gasteiger charge is -2.08. The number of nitrogens with zero attached hydrogens (tertiary/aromatic N) is 5. The van der Waals surface area contributed by atoms with E-state index < -0.39 is 0 Å². The lowest BCUT2D eigenvalue weighted by molar-refractivity contribution is 0.843. The number of fused-ring (bicyclic) bond motifs is 1. The first-order chi connectivity index (χ1) is 12.3. The van der Waals surface area contributed by atoms with Gasteiger partial charge in [0.1, 0.15) is 5.82 Å². The van der Waals surface area contributed by atoms with E-state index in [-0.39, 0.29) is 0 Å². The molecular weight excluding hydrogens is 312 g/mol. The largest absolute Gasteiger partial charge is 0.366 e. The zero-order valence-electron chi connectivity index (χ0n) is 13.3. The van der Waals surface area contributed by atoms with Crippen LogP contribution in [-0.4, -0.2) is 19.7 Å². The summed E-state index contributed by atoms with van der Waals surface area (Å²) in [6, 6.07) is 17.4. The van der Waals surface area contributed by atoms with E-state index in [1.807, 2.05) is 48.7 Å². The Balaban J connectivity index is 1.53. The highest BCUT2D eigenvalue weighted by Gasteiger charge is 2.05. The molecule has 0 amide bonds. The van der Waals surface area contributed by atoms with Crippen molar-refractivity contribution in [1.82, 2.24) is 19.7 Å². The Labute approximate surface area is 144 Å². The summed E-state index contributed by atoms with van der Waals surface area (Å²) < 4.78 is 1.71. The number of aromatic nitrogens is 4. The Morgan fingerprint density at radius 3 is 2.80 bits per heavy atom. The van der Waals surface area contributed by atoms with Gasteiger partial charge in [-0.05, 0) is 29.8 Å². The predicted molar refractivity (Wildman–Crippen MR) is 95.1 cm³/mol. The molecule has 0 aliphatic heterocycles. The second-order valence-electron chi connectivity index (χ2n) is 5.51. The van der Waals surface area contributed by atoms with Crippen LogP contribution in [-0.2, 0) is 6.54 Å². The van der Waals surface area contributed by atoms with Crippen LogP contribution in [0.2, 0.25) is 0 Å². The summed E-state index contributed by atoms with van der Waals surface area (Å²) in [7, 11) is 0. The van der Waals surface area contributed by atoms with Crippen molar-refractivity contribution in [2.75, 3.05) is 5.32 Å². The first kappa shape index (κ1) is 14.8. The third-order valence-corrected chi connectivity index (χ3v) is 3.86. The monoisotopic (exact) mass is 326 g/mol. The summed E-state index contributed by atoms with van der Waals surface area (Å²) in [6.45, 7) is 0.572. The SMILES string of the molecule is N#Cc1cc(NCc2ccc(-n3cccn3)nc2)nc2ccccc12. The molecule has 25 heavy (non-hydrogen) atoms. The second-order valence-corrected chi connectivity index (χ2v) is 5.51. The van der Waals surface area contributed by atoms with Gasteiger partial charge in [0.05, 0.1) is 17.1 Å². The first-order valence-electron chi connectivity index (χ1n) is 7.82. The molecule has 3 aromatic heterocycles. The Bertz CT molecular complexity index is 1050. The van der Waals surface area contributed by atoms with Crippen LogP contribution in [0.25, 0.3) is 16.7 Å². The van der Waals surface area contributed by atoms with Gasteiger partial charge in [-0.25, -0.2) is 14.6 Å². The lowest BCUT2D eigenvalue weighted by atomic mass is 10.1. The van der Waals surface area contributed by atoms with Crippen molar-refractivity contribution < 1.29 is 0 Å². The number of pyridine rings is 2. The molecule has 0 spiro atoms. The molecule has 0 saturated heterocycles. The predicted octanol–water partition coefficient (Wildman–Crippen LogP) is 3.30. The van der Waals surface area contributed by atoms with E-state index in [1.54, 1.807) is 23.1 Å². The van der Waals surface area contributed by atoms with Crippen LogP contribution in [0.5, 0.6) is 0 Å². The Kier molecular flexibility index (Phi) is 3.81. The van der Waals surface area contributed by atoms with Crippen molar-refractivity contribution >= 4 is 16.7 Å². The van der Waals surface area contributed by atoms with Gasteiger partial charge in [0.25, 0.3) is 0 Å². The van der Waals surface area contributed by atoms with Crippen LogP contribution in [0, 0.1) is 11.3 Å². The van der Waals surface area contributed by atoms with Gasteiger partial charge in [-0.2, -0.15) is 10.4 Å². The summed E-state index contributed by atoms with van der Waals surface area (Å²) in [4.78, 5) is 8.97. The minimum absolute atomic E-state index is 0.572. The van der Waals surface area contributed by atoms with Crippen LogP contribution in [0.15, 0.2) is 67.1 Å². The van der Waals surface area contributed by atoms with Gasteiger partial charge < -0.3 is 5.32 Å². The van der Waals surface area contributed by atoms with Gasteiger partial charge in [-0.15, -0.1) is 0 Å². The van der Waals surface area contributed by atoms with Crippen molar-refractivity contribution in [3.05, 3.63) is 78.2 Å². The highest BCUT2D eigenvalue weighted by molar-refractivity contribution is 5.86. The van der Waals surface area contributed by atoms with Crippen molar-refractivity contribution in [3.8, 4) is 11.9 Å². The van der Waals surface area contributed by atoms with Crippen LogP contribution in [0.1, 0.15) is 11.1 Å². The first-order valence-corrected chi connectivity index (χ1v) is 7.82. The molecule has 0 atom stereocenters. The second kappa shape index (κ2) is 6.42. The maximum absolute atomic E-state index is 9.34. The van der Waals surface area contributed by atoms with E-state index in [1.165, 1.54) is 0 Å². The van der Waals surface area contributed by atoms with E-state index in [9.17, 15) is 5.26 Å². The Morgan fingerprint density at radius 2 is 2.04 bits per heavy atom. The molecule has 120 valence electrons. The minimum atomic E-state index is 0.572. The van der Waals surface area contributed by atoms with Gasteiger partial charge in [0, 0.05) is 30.5 Å². The molecule has 0 saturated carbocycles. The van der Waals surface area contributed by atoms with Crippen molar-refractivity contribution in [2.45, 2.75) is 6.54 Å². The van der Waals surface area contributed by atoms with Crippen LogP contribution in [0.3, 0.4) is 0 Å². The maximum Gasteiger partial charge on any atom is 0.153 e. The molecule has 0 unspecified atom stereocenters. The number of nitriles is 1. The third kappa shape index (κ3) is 3.03. The normalized spacial score (nSPS) is 10.5. The Hall–Kier alpha value is -3.72. The molecule has 4 rings (SSSR count). The number of para-hydroxylation sites is 1. The third-order valence-electron chi connectivity index (χ3n) is 3.86. The summed E-state index contributed by atoms with van der Waals surface area (Å²) >= 11 is 0. The number of anilines is 1. The van der Waals surface area contributed by atoms with Crippen LogP contribution in [0.4, 0.5) is 5.82 Å². The molecule has 0 bridgehead atoms. The summed E-state index contributed by atoms with van der Waals surface area (Å²) in [6.07, 6.45) is 5.37. The molecule has 0 aliphatic rings. The molecule has 6 heteroatoms. The van der Waals surface area contributed by atoms with Crippen LogP contribution < -0.4 is 5.32 Å². The van der Waals surface area contributed by atoms with Gasteiger partial charge in [-0.1, -0.05) is 24.3 Å². The van der Waals surface area contributed by atoms with Gasteiger partial charge in [-0.3, -0.25) is 0 Å². The summed E-state index contributed by atoms with van der Waals surface area (Å²) in [5.41, 5.74) is 2.43. The zero-order valence-corrected chi connectivity index (χ0v) is 13.3. The molecule has 1 aromatic carbocycles. The number of rotatable bonds is 4. The molecular formula is C19H14N6. The van der Waals surface area contributed by atoms with Crippen molar-refractivity contribution in [3.63, 3.8) is 0 Å². The highest BCUT2D eigenvalue weighted by Crippen LogP contribution is 2.20. The summed E-state index contributed by atoms with van der Waals surface area (Å²) in [5, 5.41) is 17.6. The average molecular weight is 326 g/mol. The molecule has 3 heterocycles. The Morgan fingerprint density at radius 1 is 1.12 bits per heavy atom. The fraction of sp³-hybridized carbons (Fsp3) is 0.0526. The van der Waals surface area contributed by atoms with Crippen molar-refractivity contribution in [1.29, 1.82) is 5.26 Å². The van der Waals surface area contributed by atoms with Gasteiger partial charge >= 0.3 is 0 Å². The molecule has 6 nitrogen and oxygen atoms in total. The molecule has 0 fully saturated rings. The van der Waals surface area contributed by atoms with E-state index in [0.29, 0.717) is 17.9 Å². The number of hydrogen-bond acceptors (Lipinski definition) is 5. The average Bonchev–Trinajstić information content (AvgIpc) is 3.21. The molecule has 4 aromatic rings. The number of hydrogen-bond donors (Lipinski definition) is 1. The molecule has 0 aliphatic carbocycles. The quantitative estimate of drug-likeness (QED) is 0.622. The highest BCUT2D eigenvalue weighted by atomic mass is 15.3. The lowest BCUT2D eigenvalue weighted by Crippen LogP contribution is -2.04. The zero-order chi connectivity index (χ0) is 17.1. The van der Waals surface area contributed by atoms with Crippen LogP contribution >= 0.6 is 0 Å². The number of nitrogens with one attached hydrogen (secondary N) is 1. The number of benzene rings is 1. The maximum atomic E-state index is 9.34. The molecule has 0 radical (unpaired) electrons. The smallest absolute Gasteiger partial charge is 0.153 e. The van der Waals surface area contributed by atoms with E-state index in [4.69, 9.17) is 0 Å². The van der Waals surface area contributed by atoms with E-state index in [0.717, 1.165) is 22.3 Å². The fourth-order valence-electron chi connectivity index (χ4n) is 2.61. The van der Waals surface area contributed by atoms with Gasteiger partial charge in [0.15, 0.2) is 5.82 Å². The van der Waals surface area contributed by atoms with Gasteiger partial charge in [0.2, 0.25) is 0 Å². The van der Waals surface area contributed by atoms with E-state index >= 15 is 0 Å². The molecule has 1 N–H and O–H groups in total. The summed E-state index contributed by atoms with van der Waals surface area (Å²) in [5.74, 6) is 1.44. The standard InChI is InChI=1S/C19H14N6/c20-11-15-10-18(24-17-5-2-1-4-16(15)17)21-12-14-6-7-19(22-13-14)25-9-3-8-23-25/h1-10,13H,12H2,(H,21,24).